The van der Waals surface area contributed by atoms with Crippen LogP contribution in [0.2, 0.25) is 5.02 Å². The molecule has 0 radical (unpaired) electrons. The van der Waals surface area contributed by atoms with Crippen molar-refractivity contribution in [3.63, 3.8) is 0 Å². The fourth-order valence-electron chi connectivity index (χ4n) is 2.87. The first-order valence-electron chi connectivity index (χ1n) is 7.63. The maximum atomic E-state index is 6.29. The van der Waals surface area contributed by atoms with Gasteiger partial charge < -0.3 is 5.32 Å². The Balaban J connectivity index is 1.73. The van der Waals surface area contributed by atoms with E-state index in [-0.39, 0.29) is 0 Å². The molecule has 0 saturated carbocycles. The van der Waals surface area contributed by atoms with Gasteiger partial charge in [0, 0.05) is 36.9 Å². The molecule has 6 heteroatoms. The summed E-state index contributed by atoms with van der Waals surface area (Å²) in [4.78, 5) is 12.3. The molecule has 0 aromatic carbocycles. The van der Waals surface area contributed by atoms with Crippen molar-refractivity contribution in [1.82, 2.24) is 20.2 Å². The van der Waals surface area contributed by atoms with Crippen LogP contribution in [0.1, 0.15) is 22.6 Å². The van der Waals surface area contributed by atoms with E-state index in [1.54, 1.807) is 17.5 Å². The second-order valence-corrected chi connectivity index (χ2v) is 7.20. The number of thiazole rings is 1. The van der Waals surface area contributed by atoms with E-state index in [9.17, 15) is 0 Å². The zero-order valence-electron chi connectivity index (χ0n) is 12.8. The Labute approximate surface area is 140 Å². The lowest BCUT2D eigenvalue weighted by molar-refractivity contribution is 0.222. The summed E-state index contributed by atoms with van der Waals surface area (Å²) >= 11 is 8.02. The van der Waals surface area contributed by atoms with E-state index in [1.807, 2.05) is 17.8 Å². The molecule has 0 bridgehead atoms. The van der Waals surface area contributed by atoms with Crippen molar-refractivity contribution >= 4 is 22.9 Å². The Kier molecular flexibility index (Phi) is 5.41. The van der Waals surface area contributed by atoms with Crippen molar-refractivity contribution in [3.05, 3.63) is 45.1 Å². The summed E-state index contributed by atoms with van der Waals surface area (Å²) in [6.45, 7) is 7.21. The monoisotopic (exact) mass is 336 g/mol. The Morgan fingerprint density at radius 3 is 3.05 bits per heavy atom. The van der Waals surface area contributed by atoms with E-state index >= 15 is 0 Å². The van der Waals surface area contributed by atoms with Crippen molar-refractivity contribution in [2.24, 2.45) is 5.92 Å². The fraction of sp³-hybridized carbons (Fsp3) is 0.500. The van der Waals surface area contributed by atoms with Gasteiger partial charge in [0.15, 0.2) is 0 Å². The van der Waals surface area contributed by atoms with Gasteiger partial charge >= 0.3 is 0 Å². The van der Waals surface area contributed by atoms with Crippen LogP contribution in [0.3, 0.4) is 0 Å². The maximum Gasteiger partial charge on any atom is 0.0798 e. The maximum absolute atomic E-state index is 6.29. The lowest BCUT2D eigenvalue weighted by Crippen LogP contribution is -2.30. The minimum Gasteiger partial charge on any atom is -0.316 e. The first-order chi connectivity index (χ1) is 10.7. The highest BCUT2D eigenvalue weighted by Gasteiger charge is 2.20. The van der Waals surface area contributed by atoms with Gasteiger partial charge in [0.25, 0.3) is 0 Å². The third kappa shape index (κ3) is 4.04. The third-order valence-corrected chi connectivity index (χ3v) is 5.40. The number of halogens is 1. The zero-order chi connectivity index (χ0) is 15.4. The van der Waals surface area contributed by atoms with Gasteiger partial charge in [0.1, 0.15) is 0 Å². The molecule has 0 aliphatic carbocycles. The van der Waals surface area contributed by atoms with E-state index in [1.165, 1.54) is 11.3 Å². The molecule has 1 saturated heterocycles. The highest BCUT2D eigenvalue weighted by molar-refractivity contribution is 7.09. The number of rotatable bonds is 6. The van der Waals surface area contributed by atoms with Crippen molar-refractivity contribution < 1.29 is 0 Å². The first-order valence-corrected chi connectivity index (χ1v) is 8.88. The summed E-state index contributed by atoms with van der Waals surface area (Å²) in [5.41, 5.74) is 4.21. The SMILES string of the molecule is Cc1ncsc1CN(Cc1ccncc1Cl)C[C@@H]1CCNC1. The van der Waals surface area contributed by atoms with Crippen LogP contribution in [-0.4, -0.2) is 34.5 Å². The summed E-state index contributed by atoms with van der Waals surface area (Å²) in [6.07, 6.45) is 4.79. The minimum atomic E-state index is 0.717. The molecule has 1 aliphatic heterocycles. The molecule has 3 rings (SSSR count). The highest BCUT2D eigenvalue weighted by Crippen LogP contribution is 2.22. The lowest BCUT2D eigenvalue weighted by Gasteiger charge is -2.25. The number of aromatic nitrogens is 2. The quantitative estimate of drug-likeness (QED) is 0.880. The van der Waals surface area contributed by atoms with E-state index < -0.39 is 0 Å². The average molecular weight is 337 g/mol. The molecule has 0 unspecified atom stereocenters. The van der Waals surface area contributed by atoms with Gasteiger partial charge in [-0.15, -0.1) is 11.3 Å². The van der Waals surface area contributed by atoms with Crippen LogP contribution in [0.25, 0.3) is 0 Å². The number of nitrogens with zero attached hydrogens (tertiary/aromatic N) is 3. The number of hydrogen-bond acceptors (Lipinski definition) is 5. The van der Waals surface area contributed by atoms with Gasteiger partial charge in [-0.25, -0.2) is 4.98 Å². The Morgan fingerprint density at radius 2 is 2.36 bits per heavy atom. The average Bonchev–Trinajstić information content (AvgIpc) is 3.14. The molecule has 2 aromatic rings. The van der Waals surface area contributed by atoms with E-state index in [0.29, 0.717) is 5.92 Å². The van der Waals surface area contributed by atoms with Crippen LogP contribution in [0.15, 0.2) is 24.0 Å². The van der Waals surface area contributed by atoms with E-state index in [2.05, 4.69) is 27.1 Å². The van der Waals surface area contributed by atoms with Crippen molar-refractivity contribution in [3.8, 4) is 0 Å². The molecule has 1 atom stereocenters. The molecule has 1 aliphatic rings. The summed E-state index contributed by atoms with van der Waals surface area (Å²) in [5.74, 6) is 0.717. The van der Waals surface area contributed by atoms with Crippen LogP contribution in [0, 0.1) is 12.8 Å². The summed E-state index contributed by atoms with van der Waals surface area (Å²) in [6, 6.07) is 2.02. The summed E-state index contributed by atoms with van der Waals surface area (Å²) < 4.78 is 0. The molecule has 3 heterocycles. The molecule has 118 valence electrons. The molecule has 4 nitrogen and oxygen atoms in total. The molecule has 1 fully saturated rings. The molecular formula is C16H21ClN4S. The van der Waals surface area contributed by atoms with Crippen molar-refractivity contribution in [2.75, 3.05) is 19.6 Å². The first kappa shape index (κ1) is 15.9. The van der Waals surface area contributed by atoms with Crippen molar-refractivity contribution in [1.29, 1.82) is 0 Å². The topological polar surface area (TPSA) is 41.1 Å². The number of hydrogen-bond donors (Lipinski definition) is 1. The molecule has 1 N–H and O–H groups in total. The van der Waals surface area contributed by atoms with Crippen molar-refractivity contribution in [2.45, 2.75) is 26.4 Å². The van der Waals surface area contributed by atoms with Crippen LogP contribution >= 0.6 is 22.9 Å². The Morgan fingerprint density at radius 1 is 1.45 bits per heavy atom. The largest absolute Gasteiger partial charge is 0.316 e. The standard InChI is InChI=1S/C16H21ClN4S/c1-12-16(22-11-20-12)10-21(8-13-2-4-18-6-13)9-14-3-5-19-7-15(14)17/h3,5,7,11,13,18H,2,4,6,8-10H2,1H3/t13-/m1/s1. The molecule has 2 aromatic heterocycles. The van der Waals surface area contributed by atoms with Gasteiger partial charge in [0.05, 0.1) is 16.2 Å². The van der Waals surface area contributed by atoms with Gasteiger partial charge in [-0.2, -0.15) is 0 Å². The third-order valence-electron chi connectivity index (χ3n) is 4.14. The molecule has 0 spiro atoms. The number of pyridine rings is 1. The normalized spacial score (nSPS) is 18.2. The summed E-state index contributed by atoms with van der Waals surface area (Å²) in [5, 5.41) is 4.20. The van der Waals surface area contributed by atoms with Gasteiger partial charge in [-0.3, -0.25) is 9.88 Å². The minimum absolute atomic E-state index is 0.717. The predicted octanol–water partition coefficient (Wildman–Crippen LogP) is 3.11. The molecular weight excluding hydrogens is 316 g/mol. The highest BCUT2D eigenvalue weighted by atomic mass is 35.5. The van der Waals surface area contributed by atoms with Crippen LogP contribution in [-0.2, 0) is 13.1 Å². The van der Waals surface area contributed by atoms with Gasteiger partial charge in [0.2, 0.25) is 0 Å². The van der Waals surface area contributed by atoms with Crippen LogP contribution in [0.5, 0.6) is 0 Å². The predicted molar refractivity (Wildman–Crippen MR) is 91.2 cm³/mol. The summed E-state index contributed by atoms with van der Waals surface area (Å²) in [7, 11) is 0. The van der Waals surface area contributed by atoms with E-state index in [0.717, 1.165) is 49.0 Å². The number of nitrogens with one attached hydrogen (secondary N) is 1. The van der Waals surface area contributed by atoms with E-state index in [4.69, 9.17) is 11.6 Å². The number of aryl methyl sites for hydroxylation is 1. The second kappa shape index (κ2) is 7.51. The molecule has 22 heavy (non-hydrogen) atoms. The fourth-order valence-corrected chi connectivity index (χ4v) is 3.87. The molecule has 0 amide bonds. The Bertz CT molecular complexity index is 610. The zero-order valence-corrected chi connectivity index (χ0v) is 14.3. The van der Waals surface area contributed by atoms with Crippen LogP contribution in [0.4, 0.5) is 0 Å². The smallest absolute Gasteiger partial charge is 0.0798 e. The van der Waals surface area contributed by atoms with Gasteiger partial charge in [-0.1, -0.05) is 11.6 Å². The lowest BCUT2D eigenvalue weighted by atomic mass is 10.1. The van der Waals surface area contributed by atoms with Crippen LogP contribution < -0.4 is 5.32 Å². The Hall–Kier alpha value is -1.01. The second-order valence-electron chi connectivity index (χ2n) is 5.86. The van der Waals surface area contributed by atoms with Gasteiger partial charge in [-0.05, 0) is 44.0 Å².